The van der Waals surface area contributed by atoms with Crippen molar-refractivity contribution in [3.05, 3.63) is 41.2 Å². The molecule has 2 heterocycles. The van der Waals surface area contributed by atoms with Gasteiger partial charge in [-0.3, -0.25) is 9.48 Å². The van der Waals surface area contributed by atoms with Crippen molar-refractivity contribution >= 4 is 15.9 Å². The number of aryl methyl sites for hydroxylation is 3. The second kappa shape index (κ2) is 8.54. The molecule has 8 nitrogen and oxygen atoms in total. The summed E-state index contributed by atoms with van der Waals surface area (Å²) in [4.78, 5) is 14.4. The Hall–Kier alpha value is -2.39. The maximum absolute atomic E-state index is 13.1. The Bertz CT molecular complexity index is 992. The molecule has 1 aromatic heterocycles. The van der Waals surface area contributed by atoms with Gasteiger partial charge in [-0.2, -0.15) is 9.40 Å². The zero-order chi connectivity index (χ0) is 21.2. The predicted octanol–water partition coefficient (Wildman–Crippen LogP) is 1.74. The minimum absolute atomic E-state index is 0.0578. The third-order valence-electron chi connectivity index (χ3n) is 5.16. The van der Waals surface area contributed by atoms with E-state index in [4.69, 9.17) is 4.74 Å². The number of ether oxygens (including phenoxy) is 1. The van der Waals surface area contributed by atoms with E-state index in [1.54, 1.807) is 23.4 Å². The number of rotatable bonds is 6. The average Bonchev–Trinajstić information content (AvgIpc) is 3.00. The van der Waals surface area contributed by atoms with E-state index in [-0.39, 0.29) is 30.5 Å². The molecule has 0 radical (unpaired) electrons. The van der Waals surface area contributed by atoms with Crippen molar-refractivity contribution in [1.29, 1.82) is 0 Å². The minimum atomic E-state index is -3.64. The van der Waals surface area contributed by atoms with Crippen LogP contribution in [-0.4, -0.2) is 66.1 Å². The van der Waals surface area contributed by atoms with Crippen molar-refractivity contribution in [2.45, 2.75) is 39.1 Å². The molecule has 1 fully saturated rings. The molecule has 1 amide bonds. The lowest BCUT2D eigenvalue weighted by molar-refractivity contribution is -0.134. The average molecular weight is 421 g/mol. The highest BCUT2D eigenvalue weighted by Crippen LogP contribution is 2.24. The topological polar surface area (TPSA) is 84.7 Å². The Balaban J connectivity index is 1.61. The molecule has 0 N–H and O–H groups in total. The first-order valence-corrected chi connectivity index (χ1v) is 11.2. The highest BCUT2D eigenvalue weighted by Gasteiger charge is 2.34. The molecule has 3 rings (SSSR count). The second-order valence-electron chi connectivity index (χ2n) is 7.21. The van der Waals surface area contributed by atoms with Crippen LogP contribution in [0.1, 0.15) is 23.9 Å². The summed E-state index contributed by atoms with van der Waals surface area (Å²) in [6, 6.07) is 7.52. The fraction of sp³-hybridized carbons (Fsp3) is 0.500. The smallest absolute Gasteiger partial charge is 0.260 e. The molecule has 0 spiro atoms. The molecule has 29 heavy (non-hydrogen) atoms. The Morgan fingerprint density at radius 3 is 2.41 bits per heavy atom. The summed E-state index contributed by atoms with van der Waals surface area (Å²) in [5, 5.41) is 4.32. The van der Waals surface area contributed by atoms with Crippen molar-refractivity contribution in [3.8, 4) is 5.75 Å². The van der Waals surface area contributed by atoms with E-state index in [1.165, 1.54) is 4.31 Å². The Kier molecular flexibility index (Phi) is 6.28. The van der Waals surface area contributed by atoms with E-state index in [1.807, 2.05) is 38.1 Å². The van der Waals surface area contributed by atoms with Crippen molar-refractivity contribution < 1.29 is 17.9 Å². The number of amides is 1. The van der Waals surface area contributed by atoms with Gasteiger partial charge in [0.2, 0.25) is 10.0 Å². The van der Waals surface area contributed by atoms with Crippen LogP contribution in [-0.2, 0) is 21.4 Å². The zero-order valence-electron chi connectivity index (χ0n) is 17.4. The van der Waals surface area contributed by atoms with Crippen LogP contribution in [0.15, 0.2) is 29.2 Å². The van der Waals surface area contributed by atoms with Crippen molar-refractivity contribution in [2.24, 2.45) is 0 Å². The predicted molar refractivity (Wildman–Crippen MR) is 109 cm³/mol. The number of nitrogens with zero attached hydrogens (tertiary/aromatic N) is 4. The first kappa shape index (κ1) is 21.3. The lowest BCUT2D eigenvalue weighted by atomic mass is 10.2. The Morgan fingerprint density at radius 1 is 1.14 bits per heavy atom. The fourth-order valence-corrected chi connectivity index (χ4v) is 5.41. The normalized spacial score (nSPS) is 15.5. The second-order valence-corrected chi connectivity index (χ2v) is 9.08. The van der Waals surface area contributed by atoms with Gasteiger partial charge in [0, 0.05) is 32.7 Å². The number of hydrogen-bond donors (Lipinski definition) is 0. The molecule has 0 unspecified atom stereocenters. The van der Waals surface area contributed by atoms with Gasteiger partial charge in [0.25, 0.3) is 5.91 Å². The highest BCUT2D eigenvalue weighted by atomic mass is 32.2. The number of sulfonamides is 1. The molecular weight excluding hydrogens is 392 g/mol. The Morgan fingerprint density at radius 2 is 1.83 bits per heavy atom. The quantitative estimate of drug-likeness (QED) is 0.711. The Labute approximate surface area is 172 Å². The third kappa shape index (κ3) is 4.45. The summed E-state index contributed by atoms with van der Waals surface area (Å²) in [7, 11) is -3.64. The summed E-state index contributed by atoms with van der Waals surface area (Å²) in [5.74, 6) is 0.508. The molecule has 0 saturated carbocycles. The van der Waals surface area contributed by atoms with Gasteiger partial charge in [0.1, 0.15) is 10.6 Å². The lowest BCUT2D eigenvalue weighted by Gasteiger charge is -2.34. The number of piperazine rings is 1. The number of hydrogen-bond acceptors (Lipinski definition) is 5. The van der Waals surface area contributed by atoms with E-state index in [0.29, 0.717) is 36.8 Å². The molecular formula is C20H28N4O4S. The van der Waals surface area contributed by atoms with Crippen LogP contribution < -0.4 is 4.74 Å². The minimum Gasteiger partial charge on any atom is -0.484 e. The maximum atomic E-state index is 13.1. The van der Waals surface area contributed by atoms with Crippen LogP contribution in [0.4, 0.5) is 0 Å². The van der Waals surface area contributed by atoms with E-state index >= 15 is 0 Å². The van der Waals surface area contributed by atoms with Crippen molar-refractivity contribution in [1.82, 2.24) is 19.0 Å². The van der Waals surface area contributed by atoms with Crippen LogP contribution in [0.5, 0.6) is 5.75 Å². The van der Waals surface area contributed by atoms with Gasteiger partial charge in [-0.1, -0.05) is 12.1 Å². The van der Waals surface area contributed by atoms with Crippen LogP contribution >= 0.6 is 0 Å². The number of benzene rings is 1. The van der Waals surface area contributed by atoms with Gasteiger partial charge in [-0.25, -0.2) is 8.42 Å². The first-order chi connectivity index (χ1) is 13.7. The fourth-order valence-electron chi connectivity index (χ4n) is 3.61. The van der Waals surface area contributed by atoms with E-state index in [2.05, 4.69) is 5.10 Å². The molecule has 0 bridgehead atoms. The molecule has 9 heteroatoms. The summed E-state index contributed by atoms with van der Waals surface area (Å²) < 4.78 is 35.0. The number of aromatic nitrogens is 2. The lowest BCUT2D eigenvalue weighted by Crippen LogP contribution is -2.51. The van der Waals surface area contributed by atoms with Crippen LogP contribution in [0.3, 0.4) is 0 Å². The molecule has 2 aromatic rings. The molecule has 1 aromatic carbocycles. The summed E-state index contributed by atoms with van der Waals surface area (Å²) in [5.41, 5.74) is 2.22. The molecule has 158 valence electrons. The zero-order valence-corrected chi connectivity index (χ0v) is 18.2. The molecule has 0 atom stereocenters. The van der Waals surface area contributed by atoms with Gasteiger partial charge in [-0.05, 0) is 45.4 Å². The largest absolute Gasteiger partial charge is 0.484 e. The van der Waals surface area contributed by atoms with E-state index in [9.17, 15) is 13.2 Å². The van der Waals surface area contributed by atoms with Crippen LogP contribution in [0.25, 0.3) is 0 Å². The van der Waals surface area contributed by atoms with Gasteiger partial charge >= 0.3 is 0 Å². The standard InChI is InChI=1S/C20H28N4O4S/c1-5-24-17(4)20(16(3)21-24)29(26,27)23-11-9-22(10-12-23)19(25)14-28-18-8-6-7-15(2)13-18/h6-8,13H,5,9-12,14H2,1-4H3. The van der Waals surface area contributed by atoms with E-state index in [0.717, 1.165) is 5.56 Å². The van der Waals surface area contributed by atoms with E-state index < -0.39 is 10.0 Å². The molecule has 1 saturated heterocycles. The summed E-state index contributed by atoms with van der Waals surface area (Å²) >= 11 is 0. The van der Waals surface area contributed by atoms with Gasteiger partial charge in [-0.15, -0.1) is 0 Å². The van der Waals surface area contributed by atoms with Crippen LogP contribution in [0, 0.1) is 20.8 Å². The van der Waals surface area contributed by atoms with Crippen molar-refractivity contribution in [3.63, 3.8) is 0 Å². The third-order valence-corrected chi connectivity index (χ3v) is 7.31. The van der Waals surface area contributed by atoms with Crippen LogP contribution in [0.2, 0.25) is 0 Å². The molecule has 1 aliphatic rings. The molecule has 1 aliphatic heterocycles. The monoisotopic (exact) mass is 420 g/mol. The number of carbonyl (C=O) groups excluding carboxylic acids is 1. The highest BCUT2D eigenvalue weighted by molar-refractivity contribution is 7.89. The maximum Gasteiger partial charge on any atom is 0.260 e. The van der Waals surface area contributed by atoms with Crippen molar-refractivity contribution in [2.75, 3.05) is 32.8 Å². The summed E-state index contributed by atoms with van der Waals surface area (Å²) in [6.07, 6.45) is 0. The number of carbonyl (C=O) groups is 1. The van der Waals surface area contributed by atoms with Gasteiger partial charge in [0.05, 0.1) is 11.4 Å². The first-order valence-electron chi connectivity index (χ1n) is 9.75. The summed E-state index contributed by atoms with van der Waals surface area (Å²) in [6.45, 7) is 9.14. The van der Waals surface area contributed by atoms with Gasteiger partial charge < -0.3 is 9.64 Å². The SMILES string of the molecule is CCn1nc(C)c(S(=O)(=O)N2CCN(C(=O)COc3cccc(C)c3)CC2)c1C. The van der Waals surface area contributed by atoms with Gasteiger partial charge in [0.15, 0.2) is 6.61 Å². The molecule has 0 aliphatic carbocycles.